The van der Waals surface area contributed by atoms with E-state index in [1.54, 1.807) is 0 Å². The van der Waals surface area contributed by atoms with Gasteiger partial charge >= 0.3 is 0 Å². The van der Waals surface area contributed by atoms with Crippen LogP contribution in [0.2, 0.25) is 143 Å². The zero-order chi connectivity index (χ0) is 50.5. The van der Waals surface area contributed by atoms with Crippen LogP contribution in [-0.4, -0.2) is 68.0 Å². The number of rotatable bonds is 24. The van der Waals surface area contributed by atoms with Crippen molar-refractivity contribution in [2.24, 2.45) is 0 Å². The second-order valence-corrected chi connectivity index (χ2v) is 55.4. The predicted octanol–water partition coefficient (Wildman–Crippen LogP) is 18.8. The molecule has 0 unspecified atom stereocenters. The first-order valence-corrected chi connectivity index (χ1v) is 50.7. The lowest BCUT2D eigenvalue weighted by Gasteiger charge is -2.31. The summed E-state index contributed by atoms with van der Waals surface area (Å²) in [6, 6.07) is 23.3. The minimum atomic E-state index is -1.46. The predicted molar refractivity (Wildman–Crippen MR) is 319 cm³/mol. The third-order valence-electron chi connectivity index (χ3n) is 8.63. The minimum absolute atomic E-state index is 0.734. The third-order valence-corrected chi connectivity index (χ3v) is 30.4. The average Bonchev–Trinajstić information content (AvgIpc) is 3.12. The first-order valence-electron chi connectivity index (χ1n) is 25.3. The molecule has 2 rings (SSSR count). The van der Waals surface area contributed by atoms with Gasteiger partial charge in [0, 0.05) is 0 Å². The van der Waals surface area contributed by atoms with Crippen LogP contribution >= 0.6 is 0 Å². The van der Waals surface area contributed by atoms with E-state index in [0.717, 1.165) is 6.42 Å². The van der Waals surface area contributed by atoms with Gasteiger partial charge in [-0.25, -0.2) is 0 Å². The highest BCUT2D eigenvalue weighted by atomic mass is 28.4. The molecule has 376 valence electrons. The summed E-state index contributed by atoms with van der Waals surface area (Å²) in [7, 11) is -9.27. The highest BCUT2D eigenvalue weighted by molar-refractivity contribution is 6.85. The summed E-state index contributed by atoms with van der Waals surface area (Å²) in [6.45, 7) is 57.3. The molecular weight excluding hydrogens is 913 g/mol. The molecule has 0 N–H and O–H groups in total. The van der Waals surface area contributed by atoms with E-state index in [1.807, 2.05) is 42.5 Å². The highest BCUT2D eigenvalue weighted by Crippen LogP contribution is 2.22. The van der Waals surface area contributed by atoms with Crippen molar-refractivity contribution in [3.8, 4) is 0 Å². The molecule has 0 aliphatic carbocycles. The monoisotopic (exact) mass is 1020 g/mol. The molecule has 0 fully saturated rings. The van der Waals surface area contributed by atoms with E-state index >= 15 is 0 Å². The lowest BCUT2D eigenvalue weighted by molar-refractivity contribution is 0.536. The van der Waals surface area contributed by atoms with Gasteiger partial charge in [-0.2, -0.15) is 0 Å². The molecule has 0 aliphatic rings. The molecule has 0 heterocycles. The first kappa shape index (κ1) is 70.1. The smallest absolute Gasteiger partial charge is 0.173 e. The van der Waals surface area contributed by atoms with Crippen LogP contribution in [0.3, 0.4) is 0 Å². The maximum absolute atomic E-state index is 6.33. The molecule has 2 aromatic carbocycles. The van der Waals surface area contributed by atoms with Gasteiger partial charge in [-0.3, -0.25) is 0 Å². The largest absolute Gasteiger partial charge is 0.458 e. The Hall–Kier alpha value is -0.505. The SMILES string of the molecule is C=CCCCCCC.C=Cc1ccccc1.CCCCCCCC[Si](C)(C)O[Si](C)(C)C.C[SiH](C)O[Si](C)(C)C.C[SiH](C)O[Si](C)(C)C.C[Si](C)(C)O[Si](C)(C)CCc1ccccc1. The number of hydrogen-bond donors (Lipinski definition) is 0. The zero-order valence-electron chi connectivity index (χ0n) is 47.0. The van der Waals surface area contributed by atoms with Gasteiger partial charge < -0.3 is 16.5 Å². The van der Waals surface area contributed by atoms with Crippen LogP contribution in [0.15, 0.2) is 79.9 Å². The van der Waals surface area contributed by atoms with Crippen molar-refractivity contribution < 1.29 is 16.5 Å². The van der Waals surface area contributed by atoms with Crippen molar-refractivity contribution in [2.75, 3.05) is 0 Å². The maximum atomic E-state index is 6.33. The van der Waals surface area contributed by atoms with Crippen molar-refractivity contribution in [3.05, 3.63) is 91.0 Å². The normalized spacial score (nSPS) is 11.9. The average molecular weight is 1030 g/mol. The summed E-state index contributed by atoms with van der Waals surface area (Å²) < 4.78 is 24.1. The van der Waals surface area contributed by atoms with Crippen molar-refractivity contribution in [1.29, 1.82) is 0 Å². The summed E-state index contributed by atoms with van der Waals surface area (Å²) in [5.41, 5.74) is 2.61. The molecule has 0 amide bonds. The molecule has 0 aromatic heterocycles. The van der Waals surface area contributed by atoms with Gasteiger partial charge in [0.15, 0.2) is 68.0 Å². The van der Waals surface area contributed by atoms with Crippen LogP contribution in [0.4, 0.5) is 0 Å². The van der Waals surface area contributed by atoms with Gasteiger partial charge in [-0.15, -0.1) is 6.58 Å². The summed E-state index contributed by atoms with van der Waals surface area (Å²) in [6.07, 6.45) is 20.0. The number of aryl methyl sites for hydroxylation is 1. The molecular formula is C52H112O4Si8. The van der Waals surface area contributed by atoms with E-state index in [1.165, 1.54) is 93.8 Å². The standard InChI is InChI=1S/C13H24OSi2.C13H32OSi2.C8H8.C8H16.2C5H16OSi2/c1-15(2,3)14-16(4,5)12-11-13-9-7-6-8-10-13;1-7-8-9-10-11-12-13-16(5,6)14-15(2,3)4;1-2-8-6-4-3-5-7-8;1-3-5-7-8-6-4-2;2*1-7(2)6-8(3,4)5/h6-10H,11-12H2,1-5H3;7-13H2,1-6H3;2-7H,1H2;3H,1,4-8H2,2H3;2*7H,1-5H3. The second-order valence-electron chi connectivity index (χ2n) is 22.8. The van der Waals surface area contributed by atoms with Gasteiger partial charge in [0.2, 0.25) is 0 Å². The molecule has 0 atom stereocenters. The van der Waals surface area contributed by atoms with Crippen LogP contribution in [0.1, 0.15) is 95.6 Å². The number of hydrogen-bond acceptors (Lipinski definition) is 4. The number of allylic oxidation sites excluding steroid dienone is 1. The van der Waals surface area contributed by atoms with E-state index in [-0.39, 0.29) is 0 Å². The number of benzene rings is 2. The molecule has 0 spiro atoms. The summed E-state index contributed by atoms with van der Waals surface area (Å²) >= 11 is 0. The third kappa shape index (κ3) is 63.6. The molecule has 0 bridgehead atoms. The van der Waals surface area contributed by atoms with Crippen LogP contribution in [0.5, 0.6) is 0 Å². The lowest BCUT2D eigenvalue weighted by atomic mass is 10.1. The van der Waals surface area contributed by atoms with Crippen molar-refractivity contribution in [1.82, 2.24) is 0 Å². The van der Waals surface area contributed by atoms with Gasteiger partial charge in [-0.1, -0.05) is 151 Å². The van der Waals surface area contributed by atoms with Gasteiger partial charge in [0.05, 0.1) is 0 Å². The van der Waals surface area contributed by atoms with Crippen molar-refractivity contribution >= 4 is 74.1 Å². The topological polar surface area (TPSA) is 36.9 Å². The molecule has 0 radical (unpaired) electrons. The lowest BCUT2D eigenvalue weighted by Crippen LogP contribution is -2.42. The fraction of sp³-hybridized carbons (Fsp3) is 0.692. The van der Waals surface area contributed by atoms with Crippen LogP contribution in [0.25, 0.3) is 6.08 Å². The summed E-state index contributed by atoms with van der Waals surface area (Å²) in [4.78, 5) is 0. The minimum Gasteiger partial charge on any atom is -0.458 e. The van der Waals surface area contributed by atoms with Gasteiger partial charge in [0.1, 0.15) is 0 Å². The molecule has 2 aromatic rings. The summed E-state index contributed by atoms with van der Waals surface area (Å²) in [5, 5.41) is 0. The van der Waals surface area contributed by atoms with Crippen molar-refractivity contribution in [3.63, 3.8) is 0 Å². The van der Waals surface area contributed by atoms with Crippen LogP contribution < -0.4 is 0 Å². The Kier molecular flexibility index (Phi) is 43.1. The molecule has 0 saturated heterocycles. The Balaban J connectivity index is -0.000000349. The van der Waals surface area contributed by atoms with Gasteiger partial charge in [0.25, 0.3) is 0 Å². The quantitative estimate of drug-likeness (QED) is 0.0596. The Labute approximate surface area is 412 Å². The molecule has 4 nitrogen and oxygen atoms in total. The molecule has 64 heavy (non-hydrogen) atoms. The first-order chi connectivity index (χ1) is 29.2. The zero-order valence-corrected chi connectivity index (χ0v) is 55.3. The van der Waals surface area contributed by atoms with E-state index < -0.39 is 68.0 Å². The van der Waals surface area contributed by atoms with Crippen molar-refractivity contribution in [2.45, 2.75) is 234 Å². The van der Waals surface area contributed by atoms with E-state index in [9.17, 15) is 0 Å². The van der Waals surface area contributed by atoms with E-state index in [0.29, 0.717) is 0 Å². The molecule has 0 aliphatic heterocycles. The molecule has 0 saturated carbocycles. The van der Waals surface area contributed by atoms with Crippen LogP contribution in [-0.2, 0) is 22.9 Å². The maximum Gasteiger partial charge on any atom is 0.173 e. The Bertz CT molecular complexity index is 1310. The Morgan fingerprint density at radius 3 is 1.12 bits per heavy atom. The van der Waals surface area contributed by atoms with Crippen LogP contribution in [0, 0.1) is 0 Å². The summed E-state index contributed by atoms with van der Waals surface area (Å²) in [5.74, 6) is 0. The fourth-order valence-electron chi connectivity index (χ4n) is 6.90. The Morgan fingerprint density at radius 2 is 0.812 bits per heavy atom. The molecule has 12 heteroatoms. The fourth-order valence-corrected chi connectivity index (χ4v) is 34.3. The second kappa shape index (κ2) is 39.4. The van der Waals surface area contributed by atoms with Gasteiger partial charge in [-0.05, 0) is 173 Å². The van der Waals surface area contributed by atoms with E-state index in [4.69, 9.17) is 16.5 Å². The Morgan fingerprint density at radius 1 is 0.453 bits per heavy atom. The highest BCUT2D eigenvalue weighted by Gasteiger charge is 2.30. The number of unbranched alkanes of at least 4 members (excludes halogenated alkanes) is 9. The van der Waals surface area contributed by atoms with E-state index in [2.05, 4.69) is 188 Å².